The van der Waals surface area contributed by atoms with Crippen molar-refractivity contribution < 1.29 is 27.8 Å². The van der Waals surface area contributed by atoms with Gasteiger partial charge < -0.3 is 29.2 Å². The Balaban J connectivity index is 1.18. The zero-order valence-corrected chi connectivity index (χ0v) is 27.6. The Morgan fingerprint density at radius 1 is 0.940 bits per heavy atom. The fraction of sp³-hybridized carbons (Fsp3) is 0.314. The highest BCUT2D eigenvalue weighted by molar-refractivity contribution is 6.05. The Bertz CT molecular complexity index is 2070. The molecular formula is C35H35F2N9O4. The maximum atomic E-state index is 16.6. The number of nitrogens with zero attached hydrogens (tertiary/aromatic N) is 8. The molecule has 50 heavy (non-hydrogen) atoms. The third kappa shape index (κ3) is 6.33. The van der Waals surface area contributed by atoms with Gasteiger partial charge in [0.05, 0.1) is 38.7 Å². The summed E-state index contributed by atoms with van der Waals surface area (Å²) in [5.74, 6) is -0.200. The maximum Gasteiger partial charge on any atom is 0.270 e. The quantitative estimate of drug-likeness (QED) is 0.243. The van der Waals surface area contributed by atoms with Crippen LogP contribution in [0.5, 0.6) is 11.6 Å². The lowest BCUT2D eigenvalue weighted by Gasteiger charge is -2.35. The van der Waals surface area contributed by atoms with Crippen molar-refractivity contribution in [1.29, 1.82) is 0 Å². The van der Waals surface area contributed by atoms with E-state index in [1.54, 1.807) is 51.3 Å². The molecule has 1 N–H and O–H groups in total. The third-order valence-corrected chi connectivity index (χ3v) is 9.10. The first-order chi connectivity index (χ1) is 24.3. The van der Waals surface area contributed by atoms with Gasteiger partial charge in [-0.2, -0.15) is 0 Å². The second kappa shape index (κ2) is 13.9. The van der Waals surface area contributed by atoms with Crippen molar-refractivity contribution in [2.45, 2.75) is 19.4 Å². The molecule has 0 aliphatic carbocycles. The van der Waals surface area contributed by atoms with Gasteiger partial charge >= 0.3 is 0 Å². The number of pyridine rings is 2. The van der Waals surface area contributed by atoms with Crippen LogP contribution >= 0.6 is 0 Å². The van der Waals surface area contributed by atoms with Crippen molar-refractivity contribution in [3.05, 3.63) is 84.1 Å². The van der Waals surface area contributed by atoms with Crippen LogP contribution in [-0.2, 0) is 11.3 Å². The highest BCUT2D eigenvalue weighted by Crippen LogP contribution is 2.39. The van der Waals surface area contributed by atoms with Crippen LogP contribution < -0.4 is 14.4 Å². The van der Waals surface area contributed by atoms with E-state index in [4.69, 9.17) is 9.47 Å². The first-order valence-corrected chi connectivity index (χ1v) is 16.2. The summed E-state index contributed by atoms with van der Waals surface area (Å²) in [7, 11) is 2.97. The predicted octanol–water partition coefficient (Wildman–Crippen LogP) is 4.18. The van der Waals surface area contributed by atoms with Gasteiger partial charge in [0.2, 0.25) is 11.8 Å². The normalized spacial score (nSPS) is 15.0. The molecule has 13 nitrogen and oxygen atoms in total. The third-order valence-electron chi connectivity index (χ3n) is 9.10. The van der Waals surface area contributed by atoms with E-state index in [0.29, 0.717) is 90.8 Å². The number of halogens is 2. The second-order valence-electron chi connectivity index (χ2n) is 12.0. The molecule has 5 aromatic rings. The van der Waals surface area contributed by atoms with Crippen LogP contribution in [0.25, 0.3) is 27.6 Å². The Kier molecular flexibility index (Phi) is 9.11. The Hall–Kier alpha value is -5.86. The zero-order chi connectivity index (χ0) is 34.8. The van der Waals surface area contributed by atoms with E-state index in [2.05, 4.69) is 25.3 Å². The number of anilines is 1. The second-order valence-corrected chi connectivity index (χ2v) is 12.0. The van der Waals surface area contributed by atoms with Crippen LogP contribution in [0.15, 0.2) is 61.2 Å². The first-order valence-electron chi connectivity index (χ1n) is 16.2. The molecule has 2 amide bonds. The number of aryl methyl sites for hydroxylation is 1. The summed E-state index contributed by atoms with van der Waals surface area (Å²) in [5.41, 5.74) is 2.65. The molecule has 1 aromatic carbocycles. The highest BCUT2D eigenvalue weighted by Gasteiger charge is 2.29. The van der Waals surface area contributed by atoms with E-state index in [-0.39, 0.29) is 36.0 Å². The molecule has 6 heterocycles. The number of ether oxygens (including phenoxy) is 2. The molecule has 0 saturated carbocycles. The molecule has 0 unspecified atom stereocenters. The number of fused-ring (bicyclic) bond motifs is 1. The molecule has 1 fully saturated rings. The number of amides is 2. The predicted molar refractivity (Wildman–Crippen MR) is 181 cm³/mol. The topological polar surface area (TPSA) is 135 Å². The van der Waals surface area contributed by atoms with E-state index in [1.165, 1.54) is 20.3 Å². The minimum atomic E-state index is -0.520. The van der Waals surface area contributed by atoms with E-state index in [0.717, 1.165) is 6.20 Å². The molecule has 0 spiro atoms. The number of piperazine rings is 1. The van der Waals surface area contributed by atoms with Gasteiger partial charge in [-0.15, -0.1) is 5.10 Å². The summed E-state index contributed by atoms with van der Waals surface area (Å²) < 4.78 is 42.9. The molecule has 0 atom stereocenters. The van der Waals surface area contributed by atoms with Crippen molar-refractivity contribution in [2.75, 3.05) is 58.4 Å². The molecule has 2 aliphatic heterocycles. The molecule has 258 valence electrons. The summed E-state index contributed by atoms with van der Waals surface area (Å²) >= 11 is 0. The van der Waals surface area contributed by atoms with Gasteiger partial charge in [-0.25, -0.2) is 18.7 Å². The number of carbonyl (C=O) groups excluding carboxylic acids is 2. The molecule has 0 radical (unpaired) electrons. The van der Waals surface area contributed by atoms with Gasteiger partial charge in [0.25, 0.3) is 5.91 Å². The molecule has 0 bridgehead atoms. The molecule has 2 aliphatic rings. The summed E-state index contributed by atoms with van der Waals surface area (Å²) in [5, 5.41) is 8.21. The number of carbonyl (C=O) groups is 2. The highest BCUT2D eigenvalue weighted by atomic mass is 19.1. The Morgan fingerprint density at radius 2 is 1.78 bits per heavy atom. The molecule has 15 heteroatoms. The molecule has 7 rings (SSSR count). The van der Waals surface area contributed by atoms with Crippen molar-refractivity contribution in [3.63, 3.8) is 0 Å². The number of rotatable bonds is 9. The molecule has 4 aromatic heterocycles. The van der Waals surface area contributed by atoms with E-state index in [9.17, 15) is 14.0 Å². The van der Waals surface area contributed by atoms with Gasteiger partial charge in [-0.05, 0) is 41.8 Å². The van der Waals surface area contributed by atoms with Crippen LogP contribution in [0.1, 0.15) is 28.9 Å². The van der Waals surface area contributed by atoms with Crippen LogP contribution in [0.2, 0.25) is 0 Å². The standard InChI is InChI=1S/C35H35F2N9O4/c1-49-29-17-23(36)20-39-33(29)43-13-15-44(16-14-43)35(48)28-19-27-26(24-6-3-8-38-34(24)50-2)18-25(31(37)32(27)41-28)22-5-4-10-45(21-22)30(47)7-11-46-12-9-40-42-46/h3,5-6,8-9,12,17-20,41H,4,7,10-11,13-16,21H2,1-2H3. The summed E-state index contributed by atoms with van der Waals surface area (Å²) in [6.07, 6.45) is 8.76. The van der Waals surface area contributed by atoms with Gasteiger partial charge in [-0.1, -0.05) is 11.3 Å². The van der Waals surface area contributed by atoms with Crippen LogP contribution in [0.4, 0.5) is 14.6 Å². The number of aromatic amines is 1. The van der Waals surface area contributed by atoms with E-state index >= 15 is 4.39 Å². The largest absolute Gasteiger partial charge is 0.493 e. The minimum absolute atomic E-state index is 0.0664. The zero-order valence-electron chi connectivity index (χ0n) is 27.6. The average molecular weight is 684 g/mol. The number of H-pyrrole nitrogens is 1. The Morgan fingerprint density at radius 3 is 2.54 bits per heavy atom. The smallest absolute Gasteiger partial charge is 0.270 e. The average Bonchev–Trinajstić information content (AvgIpc) is 3.85. The fourth-order valence-corrected chi connectivity index (χ4v) is 6.56. The van der Waals surface area contributed by atoms with Crippen molar-refractivity contribution in [3.8, 4) is 22.8 Å². The number of aromatic nitrogens is 6. The summed E-state index contributed by atoms with van der Waals surface area (Å²) in [6.45, 7) is 2.76. The van der Waals surface area contributed by atoms with Crippen LogP contribution in [0.3, 0.4) is 0 Å². The number of methoxy groups -OCH3 is 2. The first kappa shape index (κ1) is 32.7. The van der Waals surface area contributed by atoms with Crippen molar-refractivity contribution in [1.82, 2.24) is 39.7 Å². The maximum absolute atomic E-state index is 16.6. The van der Waals surface area contributed by atoms with Crippen molar-refractivity contribution >= 4 is 34.1 Å². The lowest BCUT2D eigenvalue weighted by Crippen LogP contribution is -2.49. The van der Waals surface area contributed by atoms with E-state index < -0.39 is 11.6 Å². The SMILES string of the molecule is COc1cc(F)cnc1N1CCN(C(=O)c2cc3c(-c4cccnc4OC)cc(C4=CCCN(C(=O)CCn5ccnn5)C4)c(F)c3[nH]2)CC1. The van der Waals surface area contributed by atoms with Gasteiger partial charge in [0.1, 0.15) is 11.5 Å². The van der Waals surface area contributed by atoms with E-state index in [1.807, 2.05) is 17.0 Å². The Labute approximate surface area is 286 Å². The van der Waals surface area contributed by atoms with Gasteiger partial charge in [-0.3, -0.25) is 14.3 Å². The van der Waals surface area contributed by atoms with Crippen molar-refractivity contribution in [2.24, 2.45) is 0 Å². The summed E-state index contributed by atoms with van der Waals surface area (Å²) in [4.78, 5) is 44.0. The van der Waals surface area contributed by atoms with Crippen LogP contribution in [0, 0.1) is 11.6 Å². The molecule has 1 saturated heterocycles. The lowest BCUT2D eigenvalue weighted by atomic mass is 9.93. The molecular weight excluding hydrogens is 648 g/mol. The lowest BCUT2D eigenvalue weighted by molar-refractivity contribution is -0.131. The number of benzene rings is 1. The fourth-order valence-electron chi connectivity index (χ4n) is 6.56. The number of nitrogens with one attached hydrogen (secondary N) is 1. The minimum Gasteiger partial charge on any atom is -0.493 e. The number of hydrogen-bond acceptors (Lipinski definition) is 9. The summed E-state index contributed by atoms with van der Waals surface area (Å²) in [6, 6.07) is 8.30. The van der Waals surface area contributed by atoms with Gasteiger partial charge in [0, 0.05) is 80.7 Å². The van der Waals surface area contributed by atoms with Gasteiger partial charge in [0.15, 0.2) is 17.4 Å². The number of hydrogen-bond donors (Lipinski definition) is 1. The van der Waals surface area contributed by atoms with Crippen LogP contribution in [-0.4, -0.2) is 105 Å². The monoisotopic (exact) mass is 683 g/mol.